The number of nitrogens with one attached hydrogen (secondary N) is 1. The van der Waals surface area contributed by atoms with Gasteiger partial charge in [-0.25, -0.2) is 4.79 Å². The van der Waals surface area contributed by atoms with Gasteiger partial charge in [0, 0.05) is 12.1 Å². The lowest BCUT2D eigenvalue weighted by Gasteiger charge is -2.13. The smallest absolute Gasteiger partial charge is 0.416 e. The number of halogens is 3. The van der Waals surface area contributed by atoms with Gasteiger partial charge in [0.2, 0.25) is 0 Å². The first-order valence-corrected chi connectivity index (χ1v) is 14.4. The number of carbonyl (C=O) groups is 2. The van der Waals surface area contributed by atoms with Gasteiger partial charge in [0.05, 0.1) is 56.5 Å². The predicted molar refractivity (Wildman–Crippen MR) is 153 cm³/mol. The first-order chi connectivity index (χ1) is 20.3. The minimum Gasteiger partial charge on any atom is -0.463 e. The number of alkyl halides is 3. The zero-order chi connectivity index (χ0) is 30.5. The van der Waals surface area contributed by atoms with E-state index in [1.54, 1.807) is 18.2 Å². The number of anilines is 2. The van der Waals surface area contributed by atoms with Crippen LogP contribution in [0.1, 0.15) is 67.8 Å². The van der Waals surface area contributed by atoms with Crippen LogP contribution in [0.3, 0.4) is 0 Å². The number of rotatable bonds is 22. The minimum atomic E-state index is -4.47. The Kier molecular flexibility index (Phi) is 17.3. The molecule has 42 heavy (non-hydrogen) atoms. The van der Waals surface area contributed by atoms with Crippen LogP contribution in [0.15, 0.2) is 48.5 Å². The molecule has 8 nitrogen and oxygen atoms in total. The van der Waals surface area contributed by atoms with Crippen molar-refractivity contribution < 1.29 is 46.4 Å². The van der Waals surface area contributed by atoms with E-state index in [-0.39, 0.29) is 37.0 Å². The van der Waals surface area contributed by atoms with Crippen molar-refractivity contribution in [2.75, 3.05) is 58.2 Å². The Morgan fingerprint density at radius 1 is 0.714 bits per heavy atom. The molecule has 0 aliphatic rings. The van der Waals surface area contributed by atoms with Crippen molar-refractivity contribution in [3.05, 3.63) is 59.7 Å². The fraction of sp³-hybridized carbons (Fsp3) is 0.548. The van der Waals surface area contributed by atoms with E-state index in [0.29, 0.717) is 45.1 Å². The van der Waals surface area contributed by atoms with Gasteiger partial charge in [-0.2, -0.15) is 13.2 Å². The Balaban J connectivity index is 1.49. The SMILES string of the molecule is CCCCCCCCC(=O)OCCOCCOCCOCCOC(=O)c1ccccc1Nc1cccc(C(F)(F)F)c1. The summed E-state index contributed by atoms with van der Waals surface area (Å²) in [5.74, 6) is -0.820. The van der Waals surface area contributed by atoms with Crippen molar-refractivity contribution >= 4 is 23.3 Å². The Hall–Kier alpha value is -3.15. The van der Waals surface area contributed by atoms with Crippen LogP contribution < -0.4 is 5.32 Å². The van der Waals surface area contributed by atoms with Gasteiger partial charge in [0.25, 0.3) is 0 Å². The van der Waals surface area contributed by atoms with E-state index < -0.39 is 17.7 Å². The molecule has 2 aromatic carbocycles. The number of hydrogen-bond donors (Lipinski definition) is 1. The molecule has 0 unspecified atom stereocenters. The largest absolute Gasteiger partial charge is 0.463 e. The summed E-state index contributed by atoms with van der Waals surface area (Å²) in [4.78, 5) is 24.2. The first-order valence-electron chi connectivity index (χ1n) is 14.4. The normalized spacial score (nSPS) is 11.3. The van der Waals surface area contributed by atoms with Gasteiger partial charge in [-0.3, -0.25) is 4.79 Å². The van der Waals surface area contributed by atoms with Gasteiger partial charge in [-0.1, -0.05) is 57.2 Å². The molecule has 0 aliphatic heterocycles. The number of ether oxygens (including phenoxy) is 5. The maximum absolute atomic E-state index is 13.0. The van der Waals surface area contributed by atoms with Crippen molar-refractivity contribution in [2.45, 2.75) is 58.0 Å². The fourth-order valence-corrected chi connectivity index (χ4v) is 3.85. The highest BCUT2D eigenvalue weighted by Gasteiger charge is 2.30. The van der Waals surface area contributed by atoms with Crippen LogP contribution in [0.25, 0.3) is 0 Å². The summed E-state index contributed by atoms with van der Waals surface area (Å²) < 4.78 is 65.6. The molecule has 0 saturated heterocycles. The lowest BCUT2D eigenvalue weighted by atomic mass is 10.1. The molecule has 234 valence electrons. The Morgan fingerprint density at radius 3 is 1.98 bits per heavy atom. The van der Waals surface area contributed by atoms with Crippen LogP contribution in [0.2, 0.25) is 0 Å². The zero-order valence-corrected chi connectivity index (χ0v) is 24.2. The van der Waals surface area contributed by atoms with Crippen molar-refractivity contribution in [1.29, 1.82) is 0 Å². The number of para-hydroxylation sites is 1. The van der Waals surface area contributed by atoms with Crippen molar-refractivity contribution in [2.24, 2.45) is 0 Å². The molecular formula is C31H42F3NO7. The predicted octanol–water partition coefficient (Wildman–Crippen LogP) is 6.95. The Labute approximate surface area is 245 Å². The van der Waals surface area contributed by atoms with E-state index in [0.717, 1.165) is 31.4 Å². The molecule has 0 amide bonds. The molecule has 1 N–H and O–H groups in total. The molecule has 0 radical (unpaired) electrons. The number of esters is 2. The first kappa shape index (κ1) is 35.0. The van der Waals surface area contributed by atoms with E-state index >= 15 is 0 Å². The summed E-state index contributed by atoms with van der Waals surface area (Å²) in [7, 11) is 0. The Morgan fingerprint density at radius 2 is 1.31 bits per heavy atom. The van der Waals surface area contributed by atoms with Crippen molar-refractivity contribution in [3.8, 4) is 0 Å². The molecule has 2 rings (SSSR count). The Bertz CT molecular complexity index is 1050. The van der Waals surface area contributed by atoms with Crippen LogP contribution >= 0.6 is 0 Å². The van der Waals surface area contributed by atoms with Gasteiger partial charge < -0.3 is 29.0 Å². The van der Waals surface area contributed by atoms with Gasteiger partial charge in [-0.05, 0) is 36.8 Å². The van der Waals surface area contributed by atoms with Crippen LogP contribution in [0.4, 0.5) is 24.5 Å². The van der Waals surface area contributed by atoms with E-state index in [4.69, 9.17) is 23.7 Å². The van der Waals surface area contributed by atoms with Crippen LogP contribution in [-0.4, -0.2) is 64.8 Å². The highest BCUT2D eigenvalue weighted by Crippen LogP contribution is 2.32. The second-order valence-corrected chi connectivity index (χ2v) is 9.46. The third kappa shape index (κ3) is 15.2. The minimum absolute atomic E-state index is 0.00256. The molecule has 0 atom stereocenters. The molecule has 0 heterocycles. The molecule has 0 aromatic heterocycles. The summed E-state index contributed by atoms with van der Waals surface area (Å²) >= 11 is 0. The third-order valence-electron chi connectivity index (χ3n) is 6.05. The van der Waals surface area contributed by atoms with Gasteiger partial charge in [0.1, 0.15) is 13.2 Å². The monoisotopic (exact) mass is 597 g/mol. The molecule has 11 heteroatoms. The number of benzene rings is 2. The van der Waals surface area contributed by atoms with Gasteiger partial charge in [-0.15, -0.1) is 0 Å². The van der Waals surface area contributed by atoms with E-state index in [2.05, 4.69) is 12.2 Å². The highest BCUT2D eigenvalue weighted by molar-refractivity contribution is 5.96. The summed E-state index contributed by atoms with van der Waals surface area (Å²) in [6, 6.07) is 11.1. The molecule has 0 spiro atoms. The number of unbranched alkanes of at least 4 members (excludes halogenated alkanes) is 5. The van der Waals surface area contributed by atoms with Gasteiger partial charge >= 0.3 is 18.1 Å². The third-order valence-corrected chi connectivity index (χ3v) is 6.05. The summed E-state index contributed by atoms with van der Waals surface area (Å²) in [6.45, 7) is 4.20. The van der Waals surface area contributed by atoms with E-state index in [1.807, 2.05) is 0 Å². The maximum Gasteiger partial charge on any atom is 0.416 e. The van der Waals surface area contributed by atoms with Crippen molar-refractivity contribution in [3.63, 3.8) is 0 Å². The van der Waals surface area contributed by atoms with Crippen molar-refractivity contribution in [1.82, 2.24) is 0 Å². The number of hydrogen-bond acceptors (Lipinski definition) is 8. The van der Waals surface area contributed by atoms with Crippen LogP contribution in [-0.2, 0) is 34.7 Å². The molecule has 0 bridgehead atoms. The van der Waals surface area contributed by atoms with Gasteiger partial charge in [0.15, 0.2) is 0 Å². The van der Waals surface area contributed by atoms with E-state index in [1.165, 1.54) is 37.5 Å². The summed E-state index contributed by atoms with van der Waals surface area (Å²) in [5.41, 5.74) is -0.0885. The second kappa shape index (κ2) is 20.7. The average Bonchev–Trinajstić information content (AvgIpc) is 2.97. The lowest BCUT2D eigenvalue weighted by molar-refractivity contribution is -0.145. The van der Waals surface area contributed by atoms with Crippen LogP contribution in [0.5, 0.6) is 0 Å². The molecular weight excluding hydrogens is 555 g/mol. The molecule has 0 saturated carbocycles. The maximum atomic E-state index is 13.0. The quantitative estimate of drug-likeness (QED) is 0.115. The average molecular weight is 598 g/mol. The van der Waals surface area contributed by atoms with E-state index in [9.17, 15) is 22.8 Å². The standard InChI is InChI=1S/C31H42F3NO7/c1-2-3-4-5-6-7-15-29(36)41-22-20-39-18-16-38-17-19-40-21-23-42-30(37)27-13-8-9-14-28(27)35-26-12-10-11-25(24-26)31(32,33)34/h8-14,24,35H,2-7,15-23H2,1H3. The molecule has 2 aromatic rings. The fourth-order valence-electron chi connectivity index (χ4n) is 3.85. The topological polar surface area (TPSA) is 92.3 Å². The van der Waals surface area contributed by atoms with Crippen LogP contribution in [0, 0.1) is 0 Å². The second-order valence-electron chi connectivity index (χ2n) is 9.46. The molecule has 0 fully saturated rings. The highest BCUT2D eigenvalue weighted by atomic mass is 19.4. The zero-order valence-electron chi connectivity index (χ0n) is 24.2. The lowest BCUT2D eigenvalue weighted by Crippen LogP contribution is -2.15. The summed E-state index contributed by atoms with van der Waals surface area (Å²) in [6.07, 6.45) is 2.71. The molecule has 0 aliphatic carbocycles. The number of carbonyl (C=O) groups excluding carboxylic acids is 2. The summed E-state index contributed by atoms with van der Waals surface area (Å²) in [5, 5.41) is 2.85.